The smallest absolute Gasteiger partial charge is 0.227 e. The van der Waals surface area contributed by atoms with Gasteiger partial charge in [0, 0.05) is 51.2 Å². The van der Waals surface area contributed by atoms with Crippen LogP contribution in [0.25, 0.3) is 0 Å². The van der Waals surface area contributed by atoms with Gasteiger partial charge in [0.15, 0.2) is 7.05 Å². The van der Waals surface area contributed by atoms with E-state index in [1.807, 2.05) is 7.05 Å². The Morgan fingerprint density at radius 1 is 0.545 bits per heavy atom. The number of hydrogen-bond acceptors (Lipinski definition) is 9. The number of hydrogen-bond donors (Lipinski definition) is 0. The molecule has 0 aliphatic rings. The molecule has 0 saturated carbocycles. The normalized spacial score (nSPS) is 12.2. The lowest BCUT2D eigenvalue weighted by atomic mass is 10.1. The highest BCUT2D eigenvalue weighted by molar-refractivity contribution is 5.80. The first-order chi connectivity index (χ1) is 14.8. The monoisotopic (exact) mass is 492 g/mol. The van der Waals surface area contributed by atoms with E-state index in [1.165, 1.54) is 0 Å². The number of rotatable bonds is 9. The SMILES string of the molecule is CC(C)N(c1n[n+](C)nc(N(C(C)C)C(C)C)c1N(C(C)C)C(C)C)C(C)C.[O-][Cl+3]([O-])([O-])[O-]. The first-order valence-corrected chi connectivity index (χ1v) is 12.8. The van der Waals surface area contributed by atoms with Crippen molar-refractivity contribution in [1.29, 1.82) is 0 Å². The number of aromatic nitrogens is 3. The molecule has 0 aliphatic carbocycles. The number of nitrogens with zero attached hydrogens (tertiary/aromatic N) is 6. The van der Waals surface area contributed by atoms with Gasteiger partial charge in [-0.05, 0) is 83.1 Å². The maximum Gasteiger partial charge on any atom is 0.227 e. The summed E-state index contributed by atoms with van der Waals surface area (Å²) in [7, 11) is -3.01. The Bertz CT molecular complexity index is 652. The summed E-state index contributed by atoms with van der Waals surface area (Å²) in [6.07, 6.45) is 0. The second kappa shape index (κ2) is 12.9. The van der Waals surface area contributed by atoms with Crippen LogP contribution in [0, 0.1) is 10.2 Å². The molecule has 0 aromatic carbocycles. The Morgan fingerprint density at radius 2 is 0.758 bits per heavy atom. The van der Waals surface area contributed by atoms with Crippen LogP contribution < -0.4 is 38.1 Å². The molecule has 1 rings (SSSR count). The van der Waals surface area contributed by atoms with Crippen LogP contribution >= 0.6 is 0 Å². The summed E-state index contributed by atoms with van der Waals surface area (Å²) in [5, 5.41) is 9.85. The molecule has 0 unspecified atom stereocenters. The Kier molecular flexibility index (Phi) is 12.3. The van der Waals surface area contributed by atoms with Crippen LogP contribution in [0.4, 0.5) is 17.3 Å². The van der Waals surface area contributed by atoms with Crippen LogP contribution in [-0.2, 0) is 7.05 Å². The van der Waals surface area contributed by atoms with Gasteiger partial charge in [-0.3, -0.25) is 0 Å². The third-order valence-electron chi connectivity index (χ3n) is 4.99. The zero-order valence-electron chi connectivity index (χ0n) is 22.7. The zero-order valence-corrected chi connectivity index (χ0v) is 23.4. The molecule has 1 aromatic heterocycles. The van der Waals surface area contributed by atoms with Gasteiger partial charge in [0.05, 0.1) is 0 Å². The molecule has 0 atom stereocenters. The topological polar surface area (TPSA) is 132 Å². The maximum atomic E-state index is 8.49. The highest BCUT2D eigenvalue weighted by Gasteiger charge is 2.35. The summed E-state index contributed by atoms with van der Waals surface area (Å²) in [4.78, 5) is 9.04. The summed E-state index contributed by atoms with van der Waals surface area (Å²) < 4.78 is 34.0. The summed E-state index contributed by atoms with van der Waals surface area (Å²) in [6, 6.07) is 2.05. The summed E-state index contributed by atoms with van der Waals surface area (Å²) in [5.41, 5.74) is 1.15. The fourth-order valence-corrected chi connectivity index (χ4v) is 4.35. The first-order valence-electron chi connectivity index (χ1n) is 11.6. The molecule has 11 heteroatoms. The highest BCUT2D eigenvalue weighted by atomic mass is 35.7. The zero-order chi connectivity index (χ0) is 26.4. The molecule has 1 heterocycles. The van der Waals surface area contributed by atoms with E-state index in [9.17, 15) is 0 Å². The van der Waals surface area contributed by atoms with Crippen molar-refractivity contribution >= 4 is 17.3 Å². The van der Waals surface area contributed by atoms with E-state index < -0.39 is 10.2 Å². The van der Waals surface area contributed by atoms with Crippen LogP contribution in [0.2, 0.25) is 0 Å². The third kappa shape index (κ3) is 9.74. The van der Waals surface area contributed by atoms with E-state index >= 15 is 0 Å². The van der Waals surface area contributed by atoms with Gasteiger partial charge in [0.1, 0.15) is 5.69 Å². The fraction of sp³-hybridized carbons (Fsp3) is 0.864. The molecule has 33 heavy (non-hydrogen) atoms. The van der Waals surface area contributed by atoms with Gasteiger partial charge in [-0.15, -0.1) is 10.2 Å². The van der Waals surface area contributed by atoms with E-state index in [-0.39, 0.29) is 0 Å². The minimum Gasteiger partial charge on any atom is -0.360 e. The van der Waals surface area contributed by atoms with Gasteiger partial charge in [0.25, 0.3) is 0 Å². The lowest BCUT2D eigenvalue weighted by Crippen LogP contribution is -2.68. The lowest BCUT2D eigenvalue weighted by molar-refractivity contribution is -2.00. The van der Waals surface area contributed by atoms with Crippen molar-refractivity contribution in [3.05, 3.63) is 0 Å². The van der Waals surface area contributed by atoms with Crippen LogP contribution in [0.3, 0.4) is 0 Å². The highest BCUT2D eigenvalue weighted by Crippen LogP contribution is 2.39. The van der Waals surface area contributed by atoms with E-state index in [4.69, 9.17) is 28.8 Å². The van der Waals surface area contributed by atoms with Crippen molar-refractivity contribution < 1.29 is 33.7 Å². The molecular weight excluding hydrogens is 448 g/mol. The lowest BCUT2D eigenvalue weighted by Gasteiger charge is -2.41. The van der Waals surface area contributed by atoms with Crippen molar-refractivity contribution in [1.82, 2.24) is 10.2 Å². The Morgan fingerprint density at radius 3 is 0.939 bits per heavy atom. The van der Waals surface area contributed by atoms with E-state index in [0.29, 0.717) is 36.3 Å². The standard InChI is InChI=1S/C22H45N6.ClHO4/c1-14(2)26(15(3)4)20-21(27(16(5)6)17(7)8)23-25(13)24-22(20)28(18(9)10)19(11)12;2-1(3,4)5/h14-19H,1-13H3;(H,2,3,4,5)/q+1;/p-1. The molecule has 0 fully saturated rings. The Balaban J connectivity index is 0.00000184. The van der Waals surface area contributed by atoms with Gasteiger partial charge in [-0.1, -0.05) is 0 Å². The predicted molar refractivity (Wildman–Crippen MR) is 121 cm³/mol. The van der Waals surface area contributed by atoms with Crippen molar-refractivity contribution in [3.8, 4) is 0 Å². The predicted octanol–water partition coefficient (Wildman–Crippen LogP) is -0.585. The maximum absolute atomic E-state index is 8.49. The summed E-state index contributed by atoms with van der Waals surface area (Å²) >= 11 is 0. The second-order valence-electron chi connectivity index (χ2n) is 9.85. The first kappa shape index (κ1) is 31.5. The third-order valence-corrected chi connectivity index (χ3v) is 4.99. The van der Waals surface area contributed by atoms with Crippen LogP contribution in [-0.4, -0.2) is 46.4 Å². The molecule has 0 bridgehead atoms. The van der Waals surface area contributed by atoms with Gasteiger partial charge in [0.2, 0.25) is 11.6 Å². The molecule has 0 saturated heterocycles. The van der Waals surface area contributed by atoms with Crippen LogP contribution in [0.15, 0.2) is 0 Å². The Labute approximate surface area is 202 Å². The van der Waals surface area contributed by atoms with Gasteiger partial charge in [-0.25, -0.2) is 18.6 Å². The van der Waals surface area contributed by atoms with E-state index in [1.54, 1.807) is 4.80 Å². The quantitative estimate of drug-likeness (QED) is 0.415. The summed E-state index contributed by atoms with van der Waals surface area (Å²) in [5.74, 6) is 2.04. The average molecular weight is 493 g/mol. The fourth-order valence-electron chi connectivity index (χ4n) is 4.35. The molecule has 0 radical (unpaired) electrons. The summed E-state index contributed by atoms with van der Waals surface area (Å²) in [6.45, 7) is 26.9. The molecule has 10 nitrogen and oxygen atoms in total. The van der Waals surface area contributed by atoms with Gasteiger partial charge < -0.3 is 14.7 Å². The molecule has 1 aromatic rings. The Hall–Kier alpha value is -1.46. The van der Waals surface area contributed by atoms with Crippen molar-refractivity contribution in [2.45, 2.75) is 119 Å². The van der Waals surface area contributed by atoms with Crippen molar-refractivity contribution in [2.75, 3.05) is 14.7 Å². The minimum atomic E-state index is -4.94. The molecule has 0 amide bonds. The van der Waals surface area contributed by atoms with Crippen LogP contribution in [0.5, 0.6) is 0 Å². The number of aryl methyl sites for hydroxylation is 1. The molecular formula is C22H45ClN6O4. The number of anilines is 3. The molecule has 0 N–H and O–H groups in total. The molecule has 0 spiro atoms. The molecule has 0 aliphatic heterocycles. The van der Waals surface area contributed by atoms with E-state index in [2.05, 4.69) is 97.8 Å². The van der Waals surface area contributed by atoms with Crippen molar-refractivity contribution in [2.24, 2.45) is 7.05 Å². The molecule has 194 valence electrons. The largest absolute Gasteiger partial charge is 0.360 e. The second-order valence-corrected chi connectivity index (χ2v) is 10.6. The van der Waals surface area contributed by atoms with Crippen LogP contribution in [0.1, 0.15) is 83.1 Å². The number of halogens is 1. The van der Waals surface area contributed by atoms with E-state index in [0.717, 1.165) is 17.3 Å². The van der Waals surface area contributed by atoms with Crippen molar-refractivity contribution in [3.63, 3.8) is 0 Å². The average Bonchev–Trinajstić information content (AvgIpc) is 2.53. The minimum absolute atomic E-state index is 0.342. The van der Waals surface area contributed by atoms with Gasteiger partial charge >= 0.3 is 0 Å². The van der Waals surface area contributed by atoms with Gasteiger partial charge in [-0.2, -0.15) is 0 Å².